The number of amides is 1. The van der Waals surface area contributed by atoms with Crippen LogP contribution in [0.25, 0.3) is 0 Å². The molecule has 0 unspecified atom stereocenters. The van der Waals surface area contributed by atoms with Crippen molar-refractivity contribution in [3.05, 3.63) is 64.5 Å². The van der Waals surface area contributed by atoms with Gasteiger partial charge in [0.1, 0.15) is 5.82 Å². The van der Waals surface area contributed by atoms with Gasteiger partial charge in [-0.1, -0.05) is 23.3 Å². The van der Waals surface area contributed by atoms with E-state index < -0.39 is 5.82 Å². The number of halogens is 1. The van der Waals surface area contributed by atoms with Crippen LogP contribution in [0.2, 0.25) is 0 Å². The Hall–Kier alpha value is -2.16. The maximum atomic E-state index is 13.6. The lowest BCUT2D eigenvalue weighted by Crippen LogP contribution is -2.13. The Morgan fingerprint density at radius 2 is 1.58 bits per heavy atom. The van der Waals surface area contributed by atoms with Gasteiger partial charge in [-0.25, -0.2) is 4.39 Å². The molecule has 19 heavy (non-hydrogen) atoms. The van der Waals surface area contributed by atoms with Crippen LogP contribution in [0.15, 0.2) is 36.4 Å². The molecule has 2 aromatic carbocycles. The molecule has 1 N–H and O–H groups in total. The van der Waals surface area contributed by atoms with Crippen LogP contribution in [0.3, 0.4) is 0 Å². The van der Waals surface area contributed by atoms with Crippen LogP contribution in [-0.4, -0.2) is 5.91 Å². The highest BCUT2D eigenvalue weighted by atomic mass is 19.1. The fraction of sp³-hybridized carbons (Fsp3) is 0.188. The van der Waals surface area contributed by atoms with E-state index in [1.54, 1.807) is 24.3 Å². The molecule has 2 nitrogen and oxygen atoms in total. The largest absolute Gasteiger partial charge is 0.319 e. The number of rotatable bonds is 2. The molecule has 3 heteroatoms. The molecule has 0 radical (unpaired) electrons. The van der Waals surface area contributed by atoms with Gasteiger partial charge in [-0.05, 0) is 50.6 Å². The summed E-state index contributed by atoms with van der Waals surface area (Å²) < 4.78 is 13.6. The fourth-order valence-electron chi connectivity index (χ4n) is 2.04. The Morgan fingerprint density at radius 1 is 0.947 bits per heavy atom. The van der Waals surface area contributed by atoms with Crippen LogP contribution in [0, 0.1) is 26.6 Å². The van der Waals surface area contributed by atoms with E-state index in [0.29, 0.717) is 5.56 Å². The summed E-state index contributed by atoms with van der Waals surface area (Å²) in [5.41, 5.74) is 3.67. The number of anilines is 1. The standard InChI is InChI=1S/C16H16FNO/c1-10-4-5-14(17)15(9-10)18-16(19)13-7-11(2)6-12(3)8-13/h4-9H,1-3H3,(H,18,19). The van der Waals surface area contributed by atoms with Gasteiger partial charge in [-0.2, -0.15) is 0 Å². The maximum absolute atomic E-state index is 13.6. The second kappa shape index (κ2) is 5.22. The molecule has 0 aliphatic heterocycles. The lowest BCUT2D eigenvalue weighted by atomic mass is 10.1. The van der Waals surface area contributed by atoms with Crippen molar-refractivity contribution in [1.29, 1.82) is 0 Å². The Bertz CT molecular complexity index is 614. The van der Waals surface area contributed by atoms with E-state index in [1.165, 1.54) is 6.07 Å². The van der Waals surface area contributed by atoms with Gasteiger partial charge in [-0.15, -0.1) is 0 Å². The second-order valence-corrected chi connectivity index (χ2v) is 4.81. The number of carbonyl (C=O) groups excluding carboxylic acids is 1. The first-order chi connectivity index (χ1) is 8.95. The lowest BCUT2D eigenvalue weighted by molar-refractivity contribution is 0.102. The first kappa shape index (κ1) is 13.3. The number of aryl methyl sites for hydroxylation is 3. The van der Waals surface area contributed by atoms with E-state index in [1.807, 2.05) is 26.8 Å². The predicted octanol–water partition coefficient (Wildman–Crippen LogP) is 4.00. The second-order valence-electron chi connectivity index (χ2n) is 4.81. The van der Waals surface area contributed by atoms with Gasteiger partial charge in [0.2, 0.25) is 0 Å². The zero-order chi connectivity index (χ0) is 14.0. The molecule has 0 heterocycles. The summed E-state index contributed by atoms with van der Waals surface area (Å²) in [5.74, 6) is -0.723. The van der Waals surface area contributed by atoms with Gasteiger partial charge in [0.15, 0.2) is 0 Å². The predicted molar refractivity (Wildman–Crippen MR) is 75.0 cm³/mol. The van der Waals surface area contributed by atoms with Crippen molar-refractivity contribution in [3.8, 4) is 0 Å². The minimum Gasteiger partial charge on any atom is -0.319 e. The van der Waals surface area contributed by atoms with Gasteiger partial charge in [0.05, 0.1) is 5.69 Å². The van der Waals surface area contributed by atoms with Crippen LogP contribution in [0.1, 0.15) is 27.0 Å². The molecule has 98 valence electrons. The molecule has 2 aromatic rings. The molecular formula is C16H16FNO. The maximum Gasteiger partial charge on any atom is 0.255 e. The molecule has 1 amide bonds. The van der Waals surface area contributed by atoms with Crippen molar-refractivity contribution in [2.75, 3.05) is 5.32 Å². The molecule has 2 rings (SSSR count). The highest BCUT2D eigenvalue weighted by Crippen LogP contribution is 2.17. The minimum atomic E-state index is -0.427. The third-order valence-electron chi connectivity index (χ3n) is 2.85. The number of hydrogen-bond donors (Lipinski definition) is 1. The molecule has 0 atom stereocenters. The van der Waals surface area contributed by atoms with Crippen LogP contribution in [0.4, 0.5) is 10.1 Å². The summed E-state index contributed by atoms with van der Waals surface area (Å²) >= 11 is 0. The summed E-state index contributed by atoms with van der Waals surface area (Å²) in [6, 6.07) is 10.2. The number of carbonyl (C=O) groups is 1. The summed E-state index contributed by atoms with van der Waals surface area (Å²) in [4.78, 5) is 12.1. The third-order valence-corrected chi connectivity index (χ3v) is 2.85. The van der Waals surface area contributed by atoms with E-state index >= 15 is 0 Å². The number of hydrogen-bond acceptors (Lipinski definition) is 1. The molecule has 0 spiro atoms. The van der Waals surface area contributed by atoms with Crippen LogP contribution in [-0.2, 0) is 0 Å². The third kappa shape index (κ3) is 3.19. The van der Waals surface area contributed by atoms with Crippen LogP contribution < -0.4 is 5.32 Å². The van der Waals surface area contributed by atoms with Gasteiger partial charge >= 0.3 is 0 Å². The molecule has 0 saturated heterocycles. The van der Waals surface area contributed by atoms with Gasteiger partial charge in [-0.3, -0.25) is 4.79 Å². The molecule has 0 aliphatic rings. The zero-order valence-electron chi connectivity index (χ0n) is 11.3. The highest BCUT2D eigenvalue weighted by molar-refractivity contribution is 6.04. The van der Waals surface area contributed by atoms with Crippen molar-refractivity contribution in [2.45, 2.75) is 20.8 Å². The topological polar surface area (TPSA) is 29.1 Å². The highest BCUT2D eigenvalue weighted by Gasteiger charge is 2.10. The zero-order valence-corrected chi connectivity index (χ0v) is 11.3. The van der Waals surface area contributed by atoms with E-state index in [2.05, 4.69) is 5.32 Å². The Kier molecular flexibility index (Phi) is 3.65. The first-order valence-electron chi connectivity index (χ1n) is 6.11. The SMILES string of the molecule is Cc1cc(C)cc(C(=O)Nc2cc(C)ccc2F)c1. The van der Waals surface area contributed by atoms with Gasteiger partial charge < -0.3 is 5.32 Å². The van der Waals surface area contributed by atoms with Crippen LogP contribution >= 0.6 is 0 Å². The fourth-order valence-corrected chi connectivity index (χ4v) is 2.04. The van der Waals surface area contributed by atoms with Crippen molar-refractivity contribution >= 4 is 11.6 Å². The summed E-state index contributed by atoms with van der Waals surface area (Å²) in [6.45, 7) is 5.71. The molecule has 0 aromatic heterocycles. The van der Waals surface area contributed by atoms with E-state index in [4.69, 9.17) is 0 Å². The summed E-state index contributed by atoms with van der Waals surface area (Å²) in [6.07, 6.45) is 0. The number of nitrogens with one attached hydrogen (secondary N) is 1. The minimum absolute atomic E-state index is 0.212. The normalized spacial score (nSPS) is 10.3. The van der Waals surface area contributed by atoms with Gasteiger partial charge in [0, 0.05) is 5.56 Å². The van der Waals surface area contributed by atoms with Crippen molar-refractivity contribution < 1.29 is 9.18 Å². The number of benzene rings is 2. The lowest BCUT2D eigenvalue weighted by Gasteiger charge is -2.08. The molecular weight excluding hydrogens is 241 g/mol. The van der Waals surface area contributed by atoms with Crippen LogP contribution in [0.5, 0.6) is 0 Å². The van der Waals surface area contributed by atoms with E-state index in [0.717, 1.165) is 16.7 Å². The summed E-state index contributed by atoms with van der Waals surface area (Å²) in [7, 11) is 0. The monoisotopic (exact) mass is 257 g/mol. The smallest absolute Gasteiger partial charge is 0.255 e. The molecule has 0 bridgehead atoms. The average molecular weight is 257 g/mol. The Morgan fingerprint density at radius 3 is 2.21 bits per heavy atom. The molecule has 0 fully saturated rings. The first-order valence-corrected chi connectivity index (χ1v) is 6.11. The van der Waals surface area contributed by atoms with Crippen molar-refractivity contribution in [2.24, 2.45) is 0 Å². The quantitative estimate of drug-likeness (QED) is 0.865. The van der Waals surface area contributed by atoms with Crippen molar-refractivity contribution in [1.82, 2.24) is 0 Å². The molecule has 0 aliphatic carbocycles. The Labute approximate surface area is 112 Å². The van der Waals surface area contributed by atoms with E-state index in [9.17, 15) is 9.18 Å². The van der Waals surface area contributed by atoms with Crippen molar-refractivity contribution in [3.63, 3.8) is 0 Å². The Balaban J connectivity index is 2.28. The summed E-state index contributed by atoms with van der Waals surface area (Å²) in [5, 5.41) is 2.61. The average Bonchev–Trinajstić information content (AvgIpc) is 2.32. The van der Waals surface area contributed by atoms with E-state index in [-0.39, 0.29) is 11.6 Å². The molecule has 0 saturated carbocycles. The van der Waals surface area contributed by atoms with Gasteiger partial charge in [0.25, 0.3) is 5.91 Å².